The number of fused-ring (bicyclic) bond motifs is 1. The molecule has 184 valence electrons. The molecule has 0 unspecified atom stereocenters. The quantitative estimate of drug-likeness (QED) is 0.417. The molecule has 1 aliphatic rings. The van der Waals surface area contributed by atoms with Gasteiger partial charge in [0.1, 0.15) is 0 Å². The first-order valence-corrected chi connectivity index (χ1v) is 11.8. The van der Waals surface area contributed by atoms with Crippen LogP contribution in [0.4, 0.5) is 0 Å². The highest BCUT2D eigenvalue weighted by Crippen LogP contribution is 2.32. The molecule has 0 N–H and O–H groups in total. The number of nitrogens with zero attached hydrogens (tertiary/aromatic N) is 5. The molecule has 1 aliphatic heterocycles. The average Bonchev–Trinajstić information content (AvgIpc) is 3.37. The summed E-state index contributed by atoms with van der Waals surface area (Å²) in [5.41, 5.74) is 3.51. The van der Waals surface area contributed by atoms with Crippen LogP contribution in [0.5, 0.6) is 11.5 Å². The summed E-state index contributed by atoms with van der Waals surface area (Å²) in [5, 5.41) is 4.58. The number of benzene rings is 2. The highest BCUT2D eigenvalue weighted by Gasteiger charge is 2.26. The van der Waals surface area contributed by atoms with E-state index in [2.05, 4.69) is 10.1 Å². The maximum absolute atomic E-state index is 13.3. The lowest BCUT2D eigenvalue weighted by atomic mass is 10.1. The molecule has 0 atom stereocenters. The standard InChI is InChI=1S/C27H27N5O4/c1-35-23-9-8-20(17-24(23)36-2)22-10-11-28-25-18-21(29-32(22)25)27(34)31-14-12-30(13-15-31)26(33)16-19-6-4-3-5-7-19/h3-11,17-18H,12-16H2,1-2H3. The monoisotopic (exact) mass is 485 g/mol. The van der Waals surface area contributed by atoms with Crippen LogP contribution in [0.3, 0.4) is 0 Å². The van der Waals surface area contributed by atoms with E-state index in [4.69, 9.17) is 9.47 Å². The van der Waals surface area contributed by atoms with Crippen LogP contribution >= 0.6 is 0 Å². The minimum atomic E-state index is -0.172. The van der Waals surface area contributed by atoms with Crippen molar-refractivity contribution in [1.82, 2.24) is 24.4 Å². The van der Waals surface area contributed by atoms with Crippen LogP contribution in [0, 0.1) is 0 Å². The molecule has 5 rings (SSSR count). The van der Waals surface area contributed by atoms with Crippen molar-refractivity contribution >= 4 is 17.5 Å². The summed E-state index contributed by atoms with van der Waals surface area (Å²) in [6, 6.07) is 18.8. The van der Waals surface area contributed by atoms with Gasteiger partial charge in [0, 0.05) is 44.0 Å². The number of carbonyl (C=O) groups is 2. The summed E-state index contributed by atoms with van der Waals surface area (Å²) in [6.07, 6.45) is 2.06. The molecule has 1 fully saturated rings. The van der Waals surface area contributed by atoms with E-state index in [9.17, 15) is 9.59 Å². The van der Waals surface area contributed by atoms with Crippen LogP contribution in [0.1, 0.15) is 16.1 Å². The highest BCUT2D eigenvalue weighted by atomic mass is 16.5. The Kier molecular flexibility index (Phi) is 6.53. The Bertz CT molecular complexity index is 1390. The molecule has 0 aliphatic carbocycles. The topological polar surface area (TPSA) is 89.3 Å². The lowest BCUT2D eigenvalue weighted by Crippen LogP contribution is -2.51. The van der Waals surface area contributed by atoms with E-state index in [1.165, 1.54) is 0 Å². The number of hydrogen-bond donors (Lipinski definition) is 0. The third kappa shape index (κ3) is 4.59. The fourth-order valence-corrected chi connectivity index (χ4v) is 4.42. The summed E-state index contributed by atoms with van der Waals surface area (Å²) >= 11 is 0. The van der Waals surface area contributed by atoms with E-state index < -0.39 is 0 Å². The SMILES string of the molecule is COc1ccc(-c2ccnc3cc(C(=O)N4CCN(C(=O)Cc5ccccc5)CC4)nn23)cc1OC. The largest absolute Gasteiger partial charge is 0.493 e. The normalized spacial score (nSPS) is 13.6. The van der Waals surface area contributed by atoms with Crippen molar-refractivity contribution in [3.05, 3.63) is 78.1 Å². The second-order valence-corrected chi connectivity index (χ2v) is 8.53. The van der Waals surface area contributed by atoms with E-state index in [-0.39, 0.29) is 11.8 Å². The third-order valence-corrected chi connectivity index (χ3v) is 6.37. The molecular weight excluding hydrogens is 458 g/mol. The van der Waals surface area contributed by atoms with Crippen molar-refractivity contribution in [1.29, 1.82) is 0 Å². The number of piperazine rings is 1. The first kappa shape index (κ1) is 23.3. The zero-order chi connectivity index (χ0) is 25.1. The summed E-state index contributed by atoms with van der Waals surface area (Å²) < 4.78 is 12.4. The van der Waals surface area contributed by atoms with Gasteiger partial charge in [-0.1, -0.05) is 30.3 Å². The van der Waals surface area contributed by atoms with Gasteiger partial charge in [-0.3, -0.25) is 9.59 Å². The molecule has 2 aromatic carbocycles. The molecule has 0 radical (unpaired) electrons. The van der Waals surface area contributed by atoms with Crippen molar-refractivity contribution < 1.29 is 19.1 Å². The second kappa shape index (κ2) is 10.1. The molecule has 9 heteroatoms. The zero-order valence-electron chi connectivity index (χ0n) is 20.3. The fourth-order valence-electron chi connectivity index (χ4n) is 4.42. The van der Waals surface area contributed by atoms with Crippen LogP contribution in [0.25, 0.3) is 16.9 Å². The maximum Gasteiger partial charge on any atom is 0.274 e. The van der Waals surface area contributed by atoms with Crippen LogP contribution in [-0.4, -0.2) is 76.6 Å². The van der Waals surface area contributed by atoms with Gasteiger partial charge in [-0.05, 0) is 29.8 Å². The average molecular weight is 486 g/mol. The van der Waals surface area contributed by atoms with Gasteiger partial charge in [-0.25, -0.2) is 9.50 Å². The van der Waals surface area contributed by atoms with Gasteiger partial charge >= 0.3 is 0 Å². The fraction of sp³-hybridized carbons (Fsp3) is 0.259. The minimum Gasteiger partial charge on any atom is -0.493 e. The van der Waals surface area contributed by atoms with Crippen molar-refractivity contribution in [2.45, 2.75) is 6.42 Å². The maximum atomic E-state index is 13.3. The van der Waals surface area contributed by atoms with E-state index >= 15 is 0 Å². The van der Waals surface area contributed by atoms with E-state index in [0.717, 1.165) is 16.8 Å². The molecule has 9 nitrogen and oxygen atoms in total. The van der Waals surface area contributed by atoms with Crippen LogP contribution < -0.4 is 9.47 Å². The minimum absolute atomic E-state index is 0.0739. The van der Waals surface area contributed by atoms with Gasteiger partial charge in [0.2, 0.25) is 5.91 Å². The lowest BCUT2D eigenvalue weighted by molar-refractivity contribution is -0.131. The van der Waals surface area contributed by atoms with Crippen LogP contribution in [0.2, 0.25) is 0 Å². The predicted molar refractivity (Wildman–Crippen MR) is 134 cm³/mol. The van der Waals surface area contributed by atoms with Crippen LogP contribution in [0.15, 0.2) is 66.9 Å². The Labute approximate surface area is 208 Å². The predicted octanol–water partition coefficient (Wildman–Crippen LogP) is 2.94. The first-order chi connectivity index (χ1) is 17.6. The van der Waals surface area contributed by atoms with Crippen molar-refractivity contribution in [2.24, 2.45) is 0 Å². The molecular formula is C27H27N5O4. The molecule has 4 aromatic rings. The van der Waals surface area contributed by atoms with Gasteiger partial charge in [0.05, 0.1) is 26.3 Å². The molecule has 0 saturated carbocycles. The van der Waals surface area contributed by atoms with Gasteiger partial charge in [-0.15, -0.1) is 0 Å². The van der Waals surface area contributed by atoms with E-state index in [1.807, 2.05) is 59.5 Å². The highest BCUT2D eigenvalue weighted by molar-refractivity contribution is 5.93. The molecule has 0 spiro atoms. The number of ether oxygens (including phenoxy) is 2. The molecule has 36 heavy (non-hydrogen) atoms. The molecule has 2 amide bonds. The Morgan fingerprint density at radius 1 is 0.861 bits per heavy atom. The number of hydrogen-bond acceptors (Lipinski definition) is 6. The molecule has 3 heterocycles. The van der Waals surface area contributed by atoms with Crippen molar-refractivity contribution in [2.75, 3.05) is 40.4 Å². The Balaban J connectivity index is 1.31. The van der Waals surface area contributed by atoms with Gasteiger partial charge in [0.15, 0.2) is 22.8 Å². The first-order valence-electron chi connectivity index (χ1n) is 11.8. The van der Waals surface area contributed by atoms with Gasteiger partial charge in [-0.2, -0.15) is 5.10 Å². The lowest BCUT2D eigenvalue weighted by Gasteiger charge is -2.34. The van der Waals surface area contributed by atoms with Crippen LogP contribution in [-0.2, 0) is 11.2 Å². The van der Waals surface area contributed by atoms with E-state index in [0.29, 0.717) is 55.4 Å². The number of carbonyl (C=O) groups excluding carboxylic acids is 2. The van der Waals surface area contributed by atoms with Gasteiger partial charge in [0.25, 0.3) is 5.91 Å². The number of aromatic nitrogens is 3. The van der Waals surface area contributed by atoms with Crippen molar-refractivity contribution in [3.63, 3.8) is 0 Å². The number of amides is 2. The summed E-state index contributed by atoms with van der Waals surface area (Å²) in [7, 11) is 3.18. The zero-order valence-corrected chi connectivity index (χ0v) is 20.3. The second-order valence-electron chi connectivity index (χ2n) is 8.53. The van der Waals surface area contributed by atoms with E-state index in [1.54, 1.807) is 35.9 Å². The Morgan fingerprint density at radius 3 is 2.31 bits per heavy atom. The number of rotatable bonds is 6. The smallest absolute Gasteiger partial charge is 0.274 e. The van der Waals surface area contributed by atoms with Gasteiger partial charge < -0.3 is 19.3 Å². The number of methoxy groups -OCH3 is 2. The summed E-state index contributed by atoms with van der Waals surface area (Å²) in [6.45, 7) is 1.92. The molecule has 0 bridgehead atoms. The molecule has 2 aromatic heterocycles. The Hall–Kier alpha value is -4.40. The molecule has 1 saturated heterocycles. The third-order valence-electron chi connectivity index (χ3n) is 6.37. The summed E-state index contributed by atoms with van der Waals surface area (Å²) in [4.78, 5) is 33.9. The summed E-state index contributed by atoms with van der Waals surface area (Å²) in [5.74, 6) is 1.13. The van der Waals surface area contributed by atoms with Crippen molar-refractivity contribution in [3.8, 4) is 22.8 Å². The Morgan fingerprint density at radius 2 is 1.58 bits per heavy atom.